The molecule has 5 aromatic rings. The van der Waals surface area contributed by atoms with Crippen molar-refractivity contribution in [3.63, 3.8) is 0 Å². The van der Waals surface area contributed by atoms with Gasteiger partial charge in [0.2, 0.25) is 0 Å². The van der Waals surface area contributed by atoms with Gasteiger partial charge in [0.1, 0.15) is 0 Å². The molecular weight excluding hydrogens is 605 g/mol. The molecule has 0 saturated carbocycles. The Kier molecular flexibility index (Phi) is 8.73. The number of alkyl halides is 3. The summed E-state index contributed by atoms with van der Waals surface area (Å²) in [6.07, 6.45) is -4.58. The van der Waals surface area contributed by atoms with E-state index in [1.807, 2.05) is 31.1 Å². The summed E-state index contributed by atoms with van der Waals surface area (Å²) >= 11 is 1.21. The molecular formula is C32H27F3N6O3S. The summed E-state index contributed by atoms with van der Waals surface area (Å²) in [5.41, 5.74) is 2.86. The van der Waals surface area contributed by atoms with E-state index in [4.69, 9.17) is 0 Å². The molecule has 45 heavy (non-hydrogen) atoms. The van der Waals surface area contributed by atoms with Gasteiger partial charge in [0.25, 0.3) is 11.8 Å². The van der Waals surface area contributed by atoms with E-state index in [2.05, 4.69) is 26.3 Å². The summed E-state index contributed by atoms with van der Waals surface area (Å²) in [7, 11) is 3.85. The number of anilines is 5. The van der Waals surface area contributed by atoms with E-state index in [0.717, 1.165) is 23.9 Å². The van der Waals surface area contributed by atoms with Crippen LogP contribution in [-0.4, -0.2) is 36.9 Å². The maximum Gasteiger partial charge on any atom is 0.416 e. The van der Waals surface area contributed by atoms with E-state index >= 15 is 0 Å². The first-order valence-electron chi connectivity index (χ1n) is 13.5. The van der Waals surface area contributed by atoms with Crippen molar-refractivity contribution in [1.29, 1.82) is 0 Å². The number of carbonyl (C=O) groups excluding carboxylic acids is 3. The molecule has 0 aliphatic rings. The Morgan fingerprint density at radius 1 is 0.756 bits per heavy atom. The molecule has 0 bridgehead atoms. The highest BCUT2D eigenvalue weighted by Crippen LogP contribution is 2.31. The Morgan fingerprint density at radius 3 is 2.16 bits per heavy atom. The van der Waals surface area contributed by atoms with Gasteiger partial charge < -0.3 is 20.9 Å². The third-order valence-corrected chi connectivity index (χ3v) is 7.64. The van der Waals surface area contributed by atoms with Crippen LogP contribution < -0.4 is 26.2 Å². The molecule has 1 heterocycles. The number of nitrogens with one attached hydrogen (secondary N) is 4. The van der Waals surface area contributed by atoms with Crippen LogP contribution in [0.1, 0.15) is 31.8 Å². The number of amides is 4. The van der Waals surface area contributed by atoms with Gasteiger partial charge in [0.05, 0.1) is 15.8 Å². The summed E-state index contributed by atoms with van der Waals surface area (Å²) in [6.45, 7) is 1.76. The zero-order valence-electron chi connectivity index (χ0n) is 24.2. The number of halogens is 3. The van der Waals surface area contributed by atoms with Crippen LogP contribution in [0.2, 0.25) is 0 Å². The van der Waals surface area contributed by atoms with E-state index in [0.29, 0.717) is 43.5 Å². The van der Waals surface area contributed by atoms with Gasteiger partial charge in [-0.15, -0.1) is 0 Å². The number of urea groups is 1. The molecule has 9 nitrogen and oxygen atoms in total. The molecule has 0 fully saturated rings. The Balaban J connectivity index is 1.24. The van der Waals surface area contributed by atoms with Gasteiger partial charge in [-0.1, -0.05) is 23.5 Å². The third kappa shape index (κ3) is 7.57. The number of fused-ring (bicyclic) bond motifs is 1. The Morgan fingerprint density at radius 2 is 1.44 bits per heavy atom. The second kappa shape index (κ2) is 12.7. The molecule has 4 amide bonds. The minimum atomic E-state index is -4.58. The minimum absolute atomic E-state index is 0.154. The second-order valence-electron chi connectivity index (χ2n) is 10.2. The fraction of sp³-hybridized carbons (Fsp3) is 0.125. The van der Waals surface area contributed by atoms with Crippen molar-refractivity contribution in [2.75, 3.05) is 40.3 Å². The van der Waals surface area contributed by atoms with E-state index < -0.39 is 29.6 Å². The quantitative estimate of drug-likeness (QED) is 0.146. The molecule has 0 unspecified atom stereocenters. The molecule has 0 atom stereocenters. The molecule has 1 aromatic heterocycles. The molecule has 0 aliphatic carbocycles. The van der Waals surface area contributed by atoms with Crippen LogP contribution >= 0.6 is 11.3 Å². The zero-order chi connectivity index (χ0) is 32.3. The molecule has 0 radical (unpaired) electrons. The van der Waals surface area contributed by atoms with Crippen molar-refractivity contribution >= 4 is 67.3 Å². The fourth-order valence-electron chi connectivity index (χ4n) is 4.29. The number of thiazole rings is 1. The van der Waals surface area contributed by atoms with Gasteiger partial charge in [0, 0.05) is 48.0 Å². The number of rotatable bonds is 7. The third-order valence-electron chi connectivity index (χ3n) is 6.71. The predicted molar refractivity (Wildman–Crippen MR) is 172 cm³/mol. The van der Waals surface area contributed by atoms with Gasteiger partial charge in [-0.25, -0.2) is 9.78 Å². The number of hydrogen-bond acceptors (Lipinski definition) is 6. The highest BCUT2D eigenvalue weighted by atomic mass is 32.1. The molecule has 13 heteroatoms. The van der Waals surface area contributed by atoms with E-state index in [1.165, 1.54) is 23.5 Å². The van der Waals surface area contributed by atoms with Gasteiger partial charge in [0.15, 0.2) is 5.13 Å². The van der Waals surface area contributed by atoms with Gasteiger partial charge in [-0.3, -0.25) is 14.9 Å². The smallest absolute Gasteiger partial charge is 0.378 e. The molecule has 230 valence electrons. The average molecular weight is 633 g/mol. The lowest BCUT2D eigenvalue weighted by atomic mass is 10.1. The largest absolute Gasteiger partial charge is 0.416 e. The zero-order valence-corrected chi connectivity index (χ0v) is 25.1. The number of aromatic nitrogens is 1. The lowest BCUT2D eigenvalue weighted by molar-refractivity contribution is -0.137. The maximum atomic E-state index is 13.1. The summed E-state index contributed by atoms with van der Waals surface area (Å²) in [6, 6.07) is 20.7. The standard InChI is InChI=1S/C32H27F3N6O3S/c1-18-7-9-23(36-28(42)19-5-4-6-21(15-19)32(33,34)35)17-26(18)38-29(43)20-8-14-25-27(16-20)45-31(39-25)40-30(44)37-22-10-12-24(13-11-22)41(2)3/h4-17H,1-3H3,(H,36,42)(H,38,43)(H2,37,39,40,44). The number of aryl methyl sites for hydroxylation is 1. The Labute approximate surface area is 260 Å². The van der Waals surface area contributed by atoms with Gasteiger partial charge in [-0.05, 0) is 85.3 Å². The van der Waals surface area contributed by atoms with Crippen molar-refractivity contribution < 1.29 is 27.6 Å². The Bertz CT molecular complexity index is 1910. The summed E-state index contributed by atoms with van der Waals surface area (Å²) < 4.78 is 39.9. The van der Waals surface area contributed by atoms with Crippen molar-refractivity contribution in [2.24, 2.45) is 0 Å². The summed E-state index contributed by atoms with van der Waals surface area (Å²) in [4.78, 5) is 44.7. The normalized spacial score (nSPS) is 11.2. The van der Waals surface area contributed by atoms with Crippen LogP contribution in [0.5, 0.6) is 0 Å². The first kappa shape index (κ1) is 31.0. The topological polar surface area (TPSA) is 115 Å². The van der Waals surface area contributed by atoms with Crippen molar-refractivity contribution in [3.05, 3.63) is 107 Å². The van der Waals surface area contributed by atoms with Gasteiger partial charge in [-0.2, -0.15) is 13.2 Å². The average Bonchev–Trinajstić information content (AvgIpc) is 3.40. The van der Waals surface area contributed by atoms with Crippen molar-refractivity contribution in [1.82, 2.24) is 4.98 Å². The number of carbonyl (C=O) groups is 3. The van der Waals surface area contributed by atoms with E-state index in [1.54, 1.807) is 49.4 Å². The molecule has 5 rings (SSSR count). The number of hydrogen-bond donors (Lipinski definition) is 4. The van der Waals surface area contributed by atoms with Gasteiger partial charge >= 0.3 is 12.2 Å². The second-order valence-corrected chi connectivity index (χ2v) is 11.3. The lowest BCUT2D eigenvalue weighted by Crippen LogP contribution is -2.19. The highest BCUT2D eigenvalue weighted by Gasteiger charge is 2.31. The SMILES string of the molecule is Cc1ccc(NC(=O)c2cccc(C(F)(F)F)c2)cc1NC(=O)c1ccc2nc(NC(=O)Nc3ccc(N(C)C)cc3)sc2c1. The van der Waals surface area contributed by atoms with E-state index in [9.17, 15) is 27.6 Å². The fourth-order valence-corrected chi connectivity index (χ4v) is 5.19. The summed E-state index contributed by atoms with van der Waals surface area (Å²) in [5, 5.41) is 11.2. The van der Waals surface area contributed by atoms with E-state index in [-0.39, 0.29) is 5.56 Å². The predicted octanol–water partition coefficient (Wildman–Crippen LogP) is 7.84. The van der Waals surface area contributed by atoms with Crippen LogP contribution in [-0.2, 0) is 6.18 Å². The van der Waals surface area contributed by atoms with Crippen molar-refractivity contribution in [3.8, 4) is 0 Å². The Hall–Kier alpha value is -5.43. The number of benzene rings is 4. The van der Waals surface area contributed by atoms with Crippen LogP contribution in [0.3, 0.4) is 0 Å². The van der Waals surface area contributed by atoms with Crippen LogP contribution in [0, 0.1) is 6.92 Å². The monoisotopic (exact) mass is 632 g/mol. The van der Waals surface area contributed by atoms with Crippen LogP contribution in [0.15, 0.2) is 84.9 Å². The first-order chi connectivity index (χ1) is 21.4. The molecule has 0 aliphatic heterocycles. The van der Waals surface area contributed by atoms with Crippen LogP contribution in [0.4, 0.5) is 45.8 Å². The molecule has 4 N–H and O–H groups in total. The minimum Gasteiger partial charge on any atom is -0.378 e. The molecule has 4 aromatic carbocycles. The maximum absolute atomic E-state index is 13.1. The summed E-state index contributed by atoms with van der Waals surface area (Å²) in [5.74, 6) is -1.15. The first-order valence-corrected chi connectivity index (χ1v) is 14.3. The van der Waals surface area contributed by atoms with Crippen LogP contribution in [0.25, 0.3) is 10.2 Å². The highest BCUT2D eigenvalue weighted by molar-refractivity contribution is 7.22. The molecule has 0 spiro atoms. The number of nitrogens with zero attached hydrogens (tertiary/aromatic N) is 2. The lowest BCUT2D eigenvalue weighted by Gasteiger charge is -2.13. The molecule has 0 saturated heterocycles. The van der Waals surface area contributed by atoms with Crippen molar-refractivity contribution in [2.45, 2.75) is 13.1 Å².